The van der Waals surface area contributed by atoms with Gasteiger partial charge in [-0.3, -0.25) is 28.9 Å². The lowest BCUT2D eigenvalue weighted by molar-refractivity contribution is -0.137. The van der Waals surface area contributed by atoms with Gasteiger partial charge in [-0.25, -0.2) is 18.4 Å². The van der Waals surface area contributed by atoms with Gasteiger partial charge in [0.05, 0.1) is 0 Å². The average molecular weight is 673 g/mol. The Bertz CT molecular complexity index is 1360. The van der Waals surface area contributed by atoms with E-state index < -0.39 is 95.1 Å². The minimum Gasteiger partial charge on any atom is -0.419 e. The van der Waals surface area contributed by atoms with Gasteiger partial charge in [0.15, 0.2) is 11.6 Å². The normalized spacial score (nSPS) is 13.7. The first-order valence-corrected chi connectivity index (χ1v) is 14.6. The van der Waals surface area contributed by atoms with Gasteiger partial charge in [0, 0.05) is 37.7 Å². The minimum absolute atomic E-state index is 0.00164. The highest BCUT2D eigenvalue weighted by molar-refractivity contribution is 6.12. The number of hydrogen-bond acceptors (Lipinski definition) is 8. The molecule has 2 rings (SSSR count). The molecule has 0 aromatic heterocycles. The number of rotatable bonds is 18. The van der Waals surface area contributed by atoms with Crippen LogP contribution in [0.4, 0.5) is 22.4 Å². The van der Waals surface area contributed by atoms with Gasteiger partial charge in [0.1, 0.15) is 18.6 Å². The third kappa shape index (κ3) is 12.0. The zero-order valence-electron chi connectivity index (χ0n) is 25.6. The van der Waals surface area contributed by atoms with E-state index in [9.17, 15) is 51.1 Å². The fourth-order valence-electron chi connectivity index (χ4n) is 4.29. The highest BCUT2D eigenvalue weighted by Gasteiger charge is 2.30. The number of imide groups is 1. The zero-order valence-corrected chi connectivity index (χ0v) is 25.6. The number of nitrogens with zero attached hydrogens (tertiary/aromatic N) is 1. The van der Waals surface area contributed by atoms with Crippen molar-refractivity contribution in [3.05, 3.63) is 41.5 Å². The number of nitrogens with two attached hydrogens (primary N) is 1. The van der Waals surface area contributed by atoms with Crippen molar-refractivity contribution in [2.75, 3.05) is 19.6 Å². The van der Waals surface area contributed by atoms with E-state index >= 15 is 0 Å². The van der Waals surface area contributed by atoms with Gasteiger partial charge in [-0.1, -0.05) is 20.3 Å². The maximum atomic E-state index is 13.8. The molecule has 1 unspecified atom stereocenters. The number of hydrogen-bond donors (Lipinski definition) is 5. The van der Waals surface area contributed by atoms with Gasteiger partial charge < -0.3 is 31.7 Å². The van der Waals surface area contributed by atoms with E-state index in [1.54, 1.807) is 13.8 Å². The highest BCUT2D eigenvalue weighted by atomic mass is 19.2. The van der Waals surface area contributed by atoms with Gasteiger partial charge in [0.2, 0.25) is 35.1 Å². The van der Waals surface area contributed by atoms with E-state index in [-0.39, 0.29) is 38.4 Å². The van der Waals surface area contributed by atoms with Crippen molar-refractivity contribution in [3.63, 3.8) is 0 Å². The molecule has 1 aromatic rings. The van der Waals surface area contributed by atoms with Crippen LogP contribution in [-0.4, -0.2) is 78.2 Å². The Balaban J connectivity index is 1.96. The maximum Gasteiger partial charge on any atom is 0.331 e. The van der Waals surface area contributed by atoms with Crippen LogP contribution in [0.3, 0.4) is 0 Å². The van der Waals surface area contributed by atoms with Gasteiger partial charge >= 0.3 is 12.0 Å². The summed E-state index contributed by atoms with van der Waals surface area (Å²) in [5.41, 5.74) is 5.02. The molecule has 0 saturated carbocycles. The number of halogens is 4. The summed E-state index contributed by atoms with van der Waals surface area (Å²) in [7, 11) is 0. The van der Waals surface area contributed by atoms with E-state index in [2.05, 4.69) is 26.0 Å². The number of ether oxygens (including phenoxy) is 1. The Hall–Kier alpha value is -5.03. The van der Waals surface area contributed by atoms with Crippen LogP contribution in [0.1, 0.15) is 52.4 Å². The van der Waals surface area contributed by atoms with E-state index in [1.807, 2.05) is 0 Å². The molecule has 14 nitrogen and oxygen atoms in total. The Labute approximate surface area is 266 Å². The van der Waals surface area contributed by atoms with Crippen molar-refractivity contribution < 1.29 is 55.9 Å². The lowest BCUT2D eigenvalue weighted by Crippen LogP contribution is -2.55. The van der Waals surface area contributed by atoms with E-state index in [4.69, 9.17) is 5.73 Å². The molecule has 0 aliphatic carbocycles. The van der Waals surface area contributed by atoms with Crippen LogP contribution in [0.2, 0.25) is 0 Å². The predicted molar refractivity (Wildman–Crippen MR) is 155 cm³/mol. The molecule has 0 bridgehead atoms. The first-order chi connectivity index (χ1) is 22.1. The standard InChI is InChI=1S/C29H36F4N6O8/c1-15(2)25(38-19(40)8-4-3-5-12-39-20(41)9-10-21(39)42)28(45)37-18(7-6-11-35-29(34)46)27(44)36-14-22(43)47-26-23(32)16(30)13-17(31)24(26)33/h9-10,13,15,18,25H,3-8,11-12,14H2,1-2H3,(H,36,44)(H,37,45)(H,38,40)(H3,34,35,46)/t18-,25?/m0/s1. The summed E-state index contributed by atoms with van der Waals surface area (Å²) >= 11 is 0. The summed E-state index contributed by atoms with van der Waals surface area (Å²) in [6.07, 6.45) is 3.75. The molecular formula is C29H36F4N6O8. The van der Waals surface area contributed by atoms with Crippen molar-refractivity contribution in [3.8, 4) is 5.75 Å². The number of unbranched alkanes of at least 4 members (excludes halogenated alkanes) is 2. The number of carbonyl (C=O) groups is 7. The highest BCUT2D eigenvalue weighted by Crippen LogP contribution is 2.26. The lowest BCUT2D eigenvalue weighted by atomic mass is 10.0. The van der Waals surface area contributed by atoms with Crippen LogP contribution in [0.25, 0.3) is 0 Å². The van der Waals surface area contributed by atoms with Crippen LogP contribution in [0, 0.1) is 29.2 Å². The fourth-order valence-corrected chi connectivity index (χ4v) is 4.29. The largest absolute Gasteiger partial charge is 0.419 e. The lowest BCUT2D eigenvalue weighted by Gasteiger charge is -2.25. The van der Waals surface area contributed by atoms with E-state index in [0.29, 0.717) is 19.3 Å². The molecule has 7 amide bonds. The first-order valence-electron chi connectivity index (χ1n) is 14.6. The van der Waals surface area contributed by atoms with Gasteiger partial charge in [-0.2, -0.15) is 8.78 Å². The van der Waals surface area contributed by atoms with Crippen LogP contribution in [0.5, 0.6) is 5.75 Å². The van der Waals surface area contributed by atoms with Crippen molar-refractivity contribution in [1.29, 1.82) is 0 Å². The van der Waals surface area contributed by atoms with Gasteiger partial charge in [0.25, 0.3) is 11.8 Å². The van der Waals surface area contributed by atoms with Crippen molar-refractivity contribution >= 4 is 41.5 Å². The third-order valence-corrected chi connectivity index (χ3v) is 6.75. The number of esters is 1. The fraction of sp³-hybridized carbons (Fsp3) is 0.483. The van der Waals surface area contributed by atoms with Gasteiger partial charge in [-0.05, 0) is 31.6 Å². The van der Waals surface area contributed by atoms with Crippen LogP contribution >= 0.6 is 0 Å². The molecule has 1 heterocycles. The molecule has 6 N–H and O–H groups in total. The summed E-state index contributed by atoms with van der Waals surface area (Å²) in [4.78, 5) is 86.1. The molecule has 0 spiro atoms. The monoisotopic (exact) mass is 672 g/mol. The third-order valence-electron chi connectivity index (χ3n) is 6.75. The summed E-state index contributed by atoms with van der Waals surface area (Å²) in [5.74, 6) is -14.2. The molecule has 1 aromatic carbocycles. The average Bonchev–Trinajstić information content (AvgIpc) is 3.32. The summed E-state index contributed by atoms with van der Waals surface area (Å²) in [5, 5.41) is 9.44. The van der Waals surface area contributed by atoms with Crippen molar-refractivity contribution in [2.24, 2.45) is 11.7 Å². The molecule has 18 heteroatoms. The van der Waals surface area contributed by atoms with Crippen molar-refractivity contribution in [2.45, 2.75) is 64.5 Å². The first kappa shape index (κ1) is 38.2. The second kappa shape index (κ2) is 18.2. The number of carbonyl (C=O) groups excluding carboxylic acids is 7. The molecule has 47 heavy (non-hydrogen) atoms. The van der Waals surface area contributed by atoms with Crippen molar-refractivity contribution in [1.82, 2.24) is 26.2 Å². The number of urea groups is 1. The number of amides is 7. The number of nitrogens with one attached hydrogen (secondary N) is 4. The number of primary amides is 1. The quantitative estimate of drug-likeness (QED) is 0.0376. The second-order valence-corrected chi connectivity index (χ2v) is 10.7. The van der Waals surface area contributed by atoms with E-state index in [1.165, 1.54) is 12.2 Å². The maximum absolute atomic E-state index is 13.8. The summed E-state index contributed by atoms with van der Waals surface area (Å²) < 4.78 is 58.8. The van der Waals surface area contributed by atoms with Crippen LogP contribution in [0.15, 0.2) is 18.2 Å². The molecule has 0 radical (unpaired) electrons. The molecule has 0 saturated heterocycles. The Kier molecular flexibility index (Phi) is 14.8. The van der Waals surface area contributed by atoms with E-state index in [0.717, 1.165) is 4.90 Å². The molecule has 258 valence electrons. The molecule has 1 aliphatic rings. The molecule has 2 atom stereocenters. The Morgan fingerprint density at radius 3 is 2.04 bits per heavy atom. The SMILES string of the molecule is CC(C)C(NC(=O)CCCCCN1C(=O)C=CC1=O)C(=O)N[C@@H](CCCNC(N)=O)C(=O)NCC(=O)Oc1c(F)c(F)cc(F)c1F. The Morgan fingerprint density at radius 1 is 0.851 bits per heavy atom. The number of benzene rings is 1. The second-order valence-electron chi connectivity index (χ2n) is 10.7. The molecule has 0 fully saturated rings. The smallest absolute Gasteiger partial charge is 0.331 e. The Morgan fingerprint density at radius 2 is 1.47 bits per heavy atom. The van der Waals surface area contributed by atoms with Crippen LogP contribution < -0.4 is 31.7 Å². The summed E-state index contributed by atoms with van der Waals surface area (Å²) in [6.45, 7) is 2.46. The minimum atomic E-state index is -1.97. The molecule has 1 aliphatic heterocycles. The topological polar surface area (TPSA) is 206 Å². The zero-order chi connectivity index (χ0) is 35.3. The summed E-state index contributed by atoms with van der Waals surface area (Å²) in [6, 6.07) is -3.39. The molecular weight excluding hydrogens is 636 g/mol. The predicted octanol–water partition coefficient (Wildman–Crippen LogP) is 0.824. The van der Waals surface area contributed by atoms with Gasteiger partial charge in [-0.15, -0.1) is 0 Å². The van der Waals surface area contributed by atoms with Crippen LogP contribution in [-0.2, 0) is 28.8 Å².